The minimum absolute atomic E-state index is 0.187. The standard InChI is InChI=1S/C14H21N3O2/c1-2-14(5-3-4-6-14)9-15-8-12-11(13(18)19)7-16-10-17-12/h7,10,15H,2-6,8-9H2,1H3,(H,18,19). The molecule has 5 nitrogen and oxygen atoms in total. The molecule has 1 aliphatic carbocycles. The molecule has 0 amide bonds. The fraction of sp³-hybridized carbons (Fsp3) is 0.643. The monoisotopic (exact) mass is 263 g/mol. The SMILES string of the molecule is CCC1(CNCc2ncncc2C(=O)O)CCCC1. The normalized spacial score (nSPS) is 17.5. The first-order valence-corrected chi connectivity index (χ1v) is 6.90. The first-order chi connectivity index (χ1) is 9.17. The summed E-state index contributed by atoms with van der Waals surface area (Å²) in [6.45, 7) is 3.67. The molecule has 0 unspecified atom stereocenters. The Bertz CT molecular complexity index is 442. The van der Waals surface area contributed by atoms with Crippen LogP contribution in [0.1, 0.15) is 55.1 Å². The number of rotatable bonds is 6. The molecule has 19 heavy (non-hydrogen) atoms. The van der Waals surface area contributed by atoms with Crippen molar-refractivity contribution in [3.05, 3.63) is 23.8 Å². The number of nitrogens with one attached hydrogen (secondary N) is 1. The van der Waals surface area contributed by atoms with Crippen molar-refractivity contribution in [2.45, 2.75) is 45.6 Å². The first-order valence-electron chi connectivity index (χ1n) is 6.90. The van der Waals surface area contributed by atoms with E-state index in [1.165, 1.54) is 44.6 Å². The molecule has 1 aliphatic rings. The highest BCUT2D eigenvalue weighted by Crippen LogP contribution is 2.40. The second-order valence-corrected chi connectivity index (χ2v) is 5.35. The van der Waals surface area contributed by atoms with Gasteiger partial charge in [0, 0.05) is 19.3 Å². The van der Waals surface area contributed by atoms with E-state index in [-0.39, 0.29) is 5.56 Å². The van der Waals surface area contributed by atoms with Gasteiger partial charge in [0.1, 0.15) is 11.9 Å². The van der Waals surface area contributed by atoms with Gasteiger partial charge in [0.2, 0.25) is 0 Å². The summed E-state index contributed by atoms with van der Waals surface area (Å²) in [5.74, 6) is -0.969. The van der Waals surface area contributed by atoms with E-state index < -0.39 is 5.97 Å². The van der Waals surface area contributed by atoms with E-state index >= 15 is 0 Å². The van der Waals surface area contributed by atoms with Gasteiger partial charge in [-0.3, -0.25) is 0 Å². The Morgan fingerprint density at radius 3 is 2.84 bits per heavy atom. The van der Waals surface area contributed by atoms with E-state index in [0.29, 0.717) is 17.7 Å². The summed E-state index contributed by atoms with van der Waals surface area (Å²) >= 11 is 0. The zero-order chi connectivity index (χ0) is 13.7. The van der Waals surface area contributed by atoms with Crippen LogP contribution in [0, 0.1) is 5.41 Å². The lowest BCUT2D eigenvalue weighted by molar-refractivity contribution is 0.0694. The van der Waals surface area contributed by atoms with Crippen molar-refractivity contribution in [1.82, 2.24) is 15.3 Å². The van der Waals surface area contributed by atoms with Gasteiger partial charge in [0.15, 0.2) is 0 Å². The Morgan fingerprint density at radius 1 is 1.47 bits per heavy atom. The molecule has 0 atom stereocenters. The van der Waals surface area contributed by atoms with Crippen molar-refractivity contribution in [1.29, 1.82) is 0 Å². The zero-order valence-electron chi connectivity index (χ0n) is 11.4. The maximum atomic E-state index is 11.1. The van der Waals surface area contributed by atoms with Gasteiger partial charge < -0.3 is 10.4 Å². The lowest BCUT2D eigenvalue weighted by Gasteiger charge is -2.27. The zero-order valence-corrected chi connectivity index (χ0v) is 11.4. The van der Waals surface area contributed by atoms with Gasteiger partial charge in [-0.1, -0.05) is 19.8 Å². The van der Waals surface area contributed by atoms with E-state index in [4.69, 9.17) is 5.11 Å². The molecule has 1 aromatic rings. The number of carbonyl (C=O) groups is 1. The molecular weight excluding hydrogens is 242 g/mol. The van der Waals surface area contributed by atoms with Crippen molar-refractivity contribution in [3.63, 3.8) is 0 Å². The fourth-order valence-electron chi connectivity index (χ4n) is 2.90. The van der Waals surface area contributed by atoms with E-state index in [2.05, 4.69) is 22.2 Å². The maximum absolute atomic E-state index is 11.1. The van der Waals surface area contributed by atoms with Crippen molar-refractivity contribution >= 4 is 5.97 Å². The highest BCUT2D eigenvalue weighted by atomic mass is 16.4. The van der Waals surface area contributed by atoms with Crippen molar-refractivity contribution in [2.24, 2.45) is 5.41 Å². The molecule has 1 saturated carbocycles. The average molecular weight is 263 g/mol. The number of hydrogen-bond donors (Lipinski definition) is 2. The topological polar surface area (TPSA) is 75.1 Å². The van der Waals surface area contributed by atoms with Crippen LogP contribution in [0.3, 0.4) is 0 Å². The van der Waals surface area contributed by atoms with Gasteiger partial charge in [-0.05, 0) is 24.7 Å². The van der Waals surface area contributed by atoms with E-state index in [0.717, 1.165) is 6.54 Å². The fourth-order valence-corrected chi connectivity index (χ4v) is 2.90. The third-order valence-electron chi connectivity index (χ3n) is 4.23. The molecule has 0 aliphatic heterocycles. The molecule has 1 heterocycles. The van der Waals surface area contributed by atoms with Crippen molar-refractivity contribution < 1.29 is 9.90 Å². The minimum atomic E-state index is -0.969. The predicted octanol–water partition coefficient (Wildman–Crippen LogP) is 2.23. The average Bonchev–Trinajstić information content (AvgIpc) is 2.88. The third-order valence-corrected chi connectivity index (χ3v) is 4.23. The second kappa shape index (κ2) is 6.10. The number of carboxylic acids is 1. The van der Waals surface area contributed by atoms with Gasteiger partial charge in [-0.15, -0.1) is 0 Å². The summed E-state index contributed by atoms with van der Waals surface area (Å²) in [7, 11) is 0. The summed E-state index contributed by atoms with van der Waals surface area (Å²) in [6, 6.07) is 0. The van der Waals surface area contributed by atoms with Gasteiger partial charge in [-0.25, -0.2) is 14.8 Å². The lowest BCUT2D eigenvalue weighted by Crippen LogP contribution is -2.32. The number of aromatic nitrogens is 2. The van der Waals surface area contributed by atoms with Crippen LogP contribution < -0.4 is 5.32 Å². The molecule has 0 bridgehead atoms. The van der Waals surface area contributed by atoms with Gasteiger partial charge >= 0.3 is 5.97 Å². The molecule has 2 N–H and O–H groups in total. The smallest absolute Gasteiger partial charge is 0.339 e. The molecule has 104 valence electrons. The summed E-state index contributed by atoms with van der Waals surface area (Å²) in [5, 5.41) is 12.4. The van der Waals surface area contributed by atoms with E-state index in [9.17, 15) is 4.79 Å². The van der Waals surface area contributed by atoms with Crippen LogP contribution in [0.5, 0.6) is 0 Å². The molecule has 1 fully saturated rings. The van der Waals surface area contributed by atoms with E-state index in [1.54, 1.807) is 0 Å². The van der Waals surface area contributed by atoms with Crippen LogP contribution in [-0.4, -0.2) is 27.6 Å². The minimum Gasteiger partial charge on any atom is -0.478 e. The van der Waals surface area contributed by atoms with Crippen molar-refractivity contribution in [2.75, 3.05) is 6.54 Å². The lowest BCUT2D eigenvalue weighted by atomic mass is 9.83. The quantitative estimate of drug-likeness (QED) is 0.823. The van der Waals surface area contributed by atoms with Crippen LogP contribution in [0.25, 0.3) is 0 Å². The number of carboxylic acid groups (broad SMARTS) is 1. The summed E-state index contributed by atoms with van der Waals surface area (Å²) in [4.78, 5) is 18.9. The number of nitrogens with zero attached hydrogens (tertiary/aromatic N) is 2. The van der Waals surface area contributed by atoms with Gasteiger partial charge in [-0.2, -0.15) is 0 Å². The molecule has 0 spiro atoms. The molecule has 5 heteroatoms. The summed E-state index contributed by atoms with van der Waals surface area (Å²) in [5.41, 5.74) is 1.15. The van der Waals surface area contributed by atoms with Gasteiger partial charge in [0.25, 0.3) is 0 Å². The van der Waals surface area contributed by atoms with Gasteiger partial charge in [0.05, 0.1) is 5.69 Å². The predicted molar refractivity (Wildman–Crippen MR) is 71.9 cm³/mol. The maximum Gasteiger partial charge on any atom is 0.339 e. The Hall–Kier alpha value is -1.49. The molecule has 1 aromatic heterocycles. The Labute approximate surface area is 113 Å². The highest BCUT2D eigenvalue weighted by Gasteiger charge is 2.31. The van der Waals surface area contributed by atoms with Crippen LogP contribution in [0.4, 0.5) is 0 Å². The Balaban J connectivity index is 1.94. The Morgan fingerprint density at radius 2 is 2.21 bits per heavy atom. The molecule has 2 rings (SSSR count). The first kappa shape index (κ1) is 13.9. The number of hydrogen-bond acceptors (Lipinski definition) is 4. The number of aromatic carboxylic acids is 1. The third kappa shape index (κ3) is 3.29. The summed E-state index contributed by atoms with van der Waals surface area (Å²) < 4.78 is 0. The second-order valence-electron chi connectivity index (χ2n) is 5.35. The molecule has 0 radical (unpaired) electrons. The highest BCUT2D eigenvalue weighted by molar-refractivity contribution is 5.88. The van der Waals surface area contributed by atoms with E-state index in [1.807, 2.05) is 0 Å². The molecular formula is C14H21N3O2. The summed E-state index contributed by atoms with van der Waals surface area (Å²) in [6.07, 6.45) is 9.09. The molecule has 0 aromatic carbocycles. The van der Waals surface area contributed by atoms with Crippen molar-refractivity contribution in [3.8, 4) is 0 Å². The largest absolute Gasteiger partial charge is 0.478 e. The van der Waals surface area contributed by atoms with Crippen LogP contribution in [-0.2, 0) is 6.54 Å². The Kier molecular flexibility index (Phi) is 4.47. The van der Waals surface area contributed by atoms with Crippen LogP contribution in [0.2, 0.25) is 0 Å². The van der Waals surface area contributed by atoms with Crippen LogP contribution >= 0.6 is 0 Å². The molecule has 0 saturated heterocycles. The van der Waals surface area contributed by atoms with Crippen LogP contribution in [0.15, 0.2) is 12.5 Å².